The van der Waals surface area contributed by atoms with Gasteiger partial charge in [0.15, 0.2) is 0 Å². The number of ketones is 1. The number of carbonyl (C=O) groups excluding carboxylic acids is 2. The molecule has 1 heterocycles. The summed E-state index contributed by atoms with van der Waals surface area (Å²) in [5.41, 5.74) is 2.05. The van der Waals surface area contributed by atoms with Gasteiger partial charge in [-0.15, -0.1) is 0 Å². The first-order chi connectivity index (χ1) is 14.8. The second-order valence-electron chi connectivity index (χ2n) is 7.36. The van der Waals surface area contributed by atoms with Gasteiger partial charge >= 0.3 is 5.97 Å². The Kier molecular flexibility index (Phi) is 6.74. The molecule has 2 N–H and O–H groups in total. The Morgan fingerprint density at radius 1 is 1.03 bits per heavy atom. The zero-order valence-electron chi connectivity index (χ0n) is 17.5. The van der Waals surface area contributed by atoms with Gasteiger partial charge in [-0.25, -0.2) is 0 Å². The van der Waals surface area contributed by atoms with Crippen LogP contribution in [-0.4, -0.2) is 45.9 Å². The van der Waals surface area contributed by atoms with E-state index in [1.165, 1.54) is 4.90 Å². The maximum Gasteiger partial charge on any atom is 0.303 e. The number of hydrogen-bond acceptors (Lipinski definition) is 5. The van der Waals surface area contributed by atoms with Crippen molar-refractivity contribution < 1.29 is 29.3 Å². The van der Waals surface area contributed by atoms with Gasteiger partial charge in [0, 0.05) is 18.5 Å². The predicted octanol–water partition coefficient (Wildman–Crippen LogP) is 3.68. The molecule has 0 bridgehead atoms. The molecule has 0 saturated carbocycles. The number of likely N-dealkylation sites (tertiary alicyclic amines) is 1. The monoisotopic (exact) mass is 423 g/mol. The zero-order chi connectivity index (χ0) is 22.5. The molecule has 7 nitrogen and oxygen atoms in total. The molecule has 0 unspecified atom stereocenters. The fraction of sp³-hybridized carbons (Fsp3) is 0.292. The van der Waals surface area contributed by atoms with Gasteiger partial charge < -0.3 is 19.8 Å². The molecule has 162 valence electrons. The van der Waals surface area contributed by atoms with Gasteiger partial charge in [0.25, 0.3) is 11.7 Å². The van der Waals surface area contributed by atoms with E-state index in [1.54, 1.807) is 36.4 Å². The number of Topliss-reactive ketones (excluding diaryl/α,β-unsaturated/α-hetero) is 1. The summed E-state index contributed by atoms with van der Waals surface area (Å²) >= 11 is 0. The number of carboxylic acids is 1. The summed E-state index contributed by atoms with van der Waals surface area (Å²) in [5.74, 6) is -2.12. The maximum atomic E-state index is 12.9. The molecule has 2 aromatic carbocycles. The Labute approximate surface area is 180 Å². The molecule has 31 heavy (non-hydrogen) atoms. The van der Waals surface area contributed by atoms with Crippen molar-refractivity contribution in [2.75, 3.05) is 13.2 Å². The largest absolute Gasteiger partial charge is 0.507 e. The Hall–Kier alpha value is -3.61. The minimum atomic E-state index is -0.978. The predicted molar refractivity (Wildman–Crippen MR) is 115 cm³/mol. The van der Waals surface area contributed by atoms with Crippen LogP contribution in [0.2, 0.25) is 0 Å². The number of aliphatic hydroxyl groups is 1. The van der Waals surface area contributed by atoms with Crippen LogP contribution in [0.3, 0.4) is 0 Å². The number of benzene rings is 2. The summed E-state index contributed by atoms with van der Waals surface area (Å²) in [6.07, 6.45) is 0.0669. The highest BCUT2D eigenvalue weighted by molar-refractivity contribution is 6.46. The lowest BCUT2D eigenvalue weighted by molar-refractivity contribution is -0.140. The number of aliphatic carboxylic acids is 1. The van der Waals surface area contributed by atoms with Gasteiger partial charge in [0.2, 0.25) is 0 Å². The number of amides is 1. The third-order valence-corrected chi connectivity index (χ3v) is 5.16. The average Bonchev–Trinajstić information content (AvgIpc) is 2.99. The molecule has 1 amide bonds. The molecule has 3 rings (SSSR count). The molecule has 0 spiro atoms. The van der Waals surface area contributed by atoms with Gasteiger partial charge in [0.05, 0.1) is 18.2 Å². The lowest BCUT2D eigenvalue weighted by Gasteiger charge is -2.25. The van der Waals surface area contributed by atoms with Crippen LogP contribution in [-0.2, 0) is 14.4 Å². The number of rotatable bonds is 8. The molecule has 2 aromatic rings. The van der Waals surface area contributed by atoms with E-state index >= 15 is 0 Å². The highest BCUT2D eigenvalue weighted by Crippen LogP contribution is 2.40. The molecule has 1 aliphatic heterocycles. The molecule has 1 aliphatic rings. The molecule has 1 atom stereocenters. The summed E-state index contributed by atoms with van der Waals surface area (Å²) in [4.78, 5) is 37.9. The van der Waals surface area contributed by atoms with E-state index in [0.717, 1.165) is 5.56 Å². The smallest absolute Gasteiger partial charge is 0.303 e. The van der Waals surface area contributed by atoms with E-state index < -0.39 is 23.7 Å². The van der Waals surface area contributed by atoms with Crippen molar-refractivity contribution in [1.29, 1.82) is 0 Å². The summed E-state index contributed by atoms with van der Waals surface area (Å²) in [6.45, 7) is 4.36. The normalized spacial score (nSPS) is 17.7. The third kappa shape index (κ3) is 4.77. The summed E-state index contributed by atoms with van der Waals surface area (Å²) in [6, 6.07) is 13.2. The summed E-state index contributed by atoms with van der Waals surface area (Å²) < 4.78 is 5.46. The van der Waals surface area contributed by atoms with Crippen molar-refractivity contribution >= 4 is 23.4 Å². The highest BCUT2D eigenvalue weighted by atomic mass is 16.5. The van der Waals surface area contributed by atoms with Crippen molar-refractivity contribution in [2.24, 2.45) is 0 Å². The van der Waals surface area contributed by atoms with Gasteiger partial charge in [-0.2, -0.15) is 0 Å². The van der Waals surface area contributed by atoms with Crippen LogP contribution in [0.4, 0.5) is 0 Å². The van der Waals surface area contributed by atoms with Gasteiger partial charge in [-0.3, -0.25) is 14.4 Å². The number of aliphatic hydroxyl groups excluding tert-OH is 1. The van der Waals surface area contributed by atoms with Crippen molar-refractivity contribution in [2.45, 2.75) is 32.7 Å². The standard InChI is InChI=1S/C24H25NO6/c1-3-31-18-12-10-16(11-13-18)21-20(22(28)17-8-6-15(2)7-9-17)23(29)24(30)25(21)14-4-5-19(26)27/h6-13,21,28H,3-5,14H2,1-2H3,(H,26,27)/t21-/m0/s1. The van der Waals surface area contributed by atoms with Crippen molar-refractivity contribution in [3.05, 3.63) is 70.8 Å². The van der Waals surface area contributed by atoms with Crippen LogP contribution in [0.5, 0.6) is 5.75 Å². The van der Waals surface area contributed by atoms with Gasteiger partial charge in [-0.05, 0) is 38.0 Å². The molecule has 0 radical (unpaired) electrons. The van der Waals surface area contributed by atoms with Crippen LogP contribution in [0, 0.1) is 6.92 Å². The van der Waals surface area contributed by atoms with E-state index in [-0.39, 0.29) is 30.7 Å². The molecule has 1 saturated heterocycles. The van der Waals surface area contributed by atoms with Crippen LogP contribution < -0.4 is 4.74 Å². The van der Waals surface area contributed by atoms with E-state index in [1.807, 2.05) is 26.0 Å². The SMILES string of the molecule is CCOc1ccc([C@H]2C(=C(O)c3ccc(C)cc3)C(=O)C(=O)N2CCCC(=O)O)cc1. The number of carbonyl (C=O) groups is 3. The van der Waals surface area contributed by atoms with Crippen molar-refractivity contribution in [3.63, 3.8) is 0 Å². The number of carboxylic acid groups (broad SMARTS) is 1. The third-order valence-electron chi connectivity index (χ3n) is 5.16. The van der Waals surface area contributed by atoms with E-state index in [4.69, 9.17) is 9.84 Å². The Morgan fingerprint density at radius 3 is 2.26 bits per heavy atom. The molecule has 7 heteroatoms. The van der Waals surface area contributed by atoms with Gasteiger partial charge in [-0.1, -0.05) is 42.0 Å². The Bertz CT molecular complexity index is 1010. The quantitative estimate of drug-likeness (QED) is 0.381. The second kappa shape index (κ2) is 9.47. The van der Waals surface area contributed by atoms with Crippen LogP contribution in [0.1, 0.15) is 42.5 Å². The number of hydrogen-bond donors (Lipinski definition) is 2. The first-order valence-electron chi connectivity index (χ1n) is 10.1. The van der Waals surface area contributed by atoms with Crippen LogP contribution >= 0.6 is 0 Å². The van der Waals surface area contributed by atoms with Gasteiger partial charge in [0.1, 0.15) is 11.5 Å². The highest BCUT2D eigenvalue weighted by Gasteiger charge is 2.45. The molecular formula is C24H25NO6. The summed E-state index contributed by atoms with van der Waals surface area (Å²) in [5, 5.41) is 19.9. The van der Waals surface area contributed by atoms with Crippen molar-refractivity contribution in [1.82, 2.24) is 4.90 Å². The van der Waals surface area contributed by atoms with E-state index in [9.17, 15) is 19.5 Å². The first-order valence-corrected chi connectivity index (χ1v) is 10.1. The average molecular weight is 423 g/mol. The molecule has 0 aromatic heterocycles. The second-order valence-corrected chi connectivity index (χ2v) is 7.36. The number of ether oxygens (including phenoxy) is 1. The topological polar surface area (TPSA) is 104 Å². The number of aryl methyl sites for hydroxylation is 1. The first kappa shape index (κ1) is 22.1. The molecule has 1 fully saturated rings. The molecular weight excluding hydrogens is 398 g/mol. The Morgan fingerprint density at radius 2 is 1.68 bits per heavy atom. The lowest BCUT2D eigenvalue weighted by Crippen LogP contribution is -2.31. The van der Waals surface area contributed by atoms with Crippen molar-refractivity contribution in [3.8, 4) is 5.75 Å². The minimum Gasteiger partial charge on any atom is -0.507 e. The van der Waals surface area contributed by atoms with Crippen LogP contribution in [0.25, 0.3) is 5.76 Å². The Balaban J connectivity index is 2.06. The lowest BCUT2D eigenvalue weighted by atomic mass is 9.95. The fourth-order valence-corrected chi connectivity index (χ4v) is 3.64. The summed E-state index contributed by atoms with van der Waals surface area (Å²) in [7, 11) is 0. The number of nitrogens with zero attached hydrogens (tertiary/aromatic N) is 1. The fourth-order valence-electron chi connectivity index (χ4n) is 3.64. The van der Waals surface area contributed by atoms with E-state index in [0.29, 0.717) is 23.5 Å². The maximum absolute atomic E-state index is 12.9. The zero-order valence-corrected chi connectivity index (χ0v) is 17.5. The minimum absolute atomic E-state index is 0.00617. The van der Waals surface area contributed by atoms with E-state index in [2.05, 4.69) is 0 Å². The molecule has 0 aliphatic carbocycles. The van der Waals surface area contributed by atoms with Crippen LogP contribution in [0.15, 0.2) is 54.1 Å².